The number of carbonyl (C=O) groups is 2. The van der Waals surface area contributed by atoms with Crippen molar-refractivity contribution in [3.63, 3.8) is 0 Å². The van der Waals surface area contributed by atoms with Crippen molar-refractivity contribution >= 4 is 23.2 Å². The Morgan fingerprint density at radius 1 is 1.30 bits per heavy atom. The first-order valence-electron chi connectivity index (χ1n) is 6.95. The molecular weight excluding hydrogens is 252 g/mol. The Bertz CT molecular complexity index is 564. The van der Waals surface area contributed by atoms with Crippen LogP contribution in [0.15, 0.2) is 24.8 Å². The monoisotopic (exact) mass is 272 g/mol. The van der Waals surface area contributed by atoms with Crippen molar-refractivity contribution in [2.24, 2.45) is 0 Å². The molecule has 0 spiro atoms. The molecule has 0 bridgehead atoms. The quantitative estimate of drug-likeness (QED) is 0.836. The fraction of sp³-hybridized carbons (Fsp3) is 0.375. The van der Waals surface area contributed by atoms with E-state index in [1.807, 2.05) is 12.1 Å². The summed E-state index contributed by atoms with van der Waals surface area (Å²) >= 11 is 0. The summed E-state index contributed by atoms with van der Waals surface area (Å²) in [6.45, 7) is 5.99. The molecule has 0 fully saturated rings. The second kappa shape index (κ2) is 5.90. The van der Waals surface area contributed by atoms with E-state index in [-0.39, 0.29) is 11.8 Å². The first-order chi connectivity index (χ1) is 9.54. The summed E-state index contributed by atoms with van der Waals surface area (Å²) in [7, 11) is 1.70. The number of rotatable bonds is 5. The summed E-state index contributed by atoms with van der Waals surface area (Å²) in [6, 6.07) is 5.37. The first kappa shape index (κ1) is 14.3. The number of amides is 2. The number of nitrogens with zero attached hydrogens (tertiary/aromatic N) is 1. The van der Waals surface area contributed by atoms with E-state index in [9.17, 15) is 9.59 Å². The van der Waals surface area contributed by atoms with E-state index >= 15 is 0 Å². The number of anilines is 1. The molecule has 1 aliphatic rings. The number of nitrogens with one attached hydrogen (secondary N) is 1. The largest absolute Gasteiger partial charge is 0.326 e. The molecule has 106 valence electrons. The van der Waals surface area contributed by atoms with Crippen molar-refractivity contribution in [2.45, 2.75) is 32.6 Å². The lowest BCUT2D eigenvalue weighted by molar-refractivity contribution is -0.116. The van der Waals surface area contributed by atoms with Crippen molar-refractivity contribution < 1.29 is 9.59 Å². The maximum atomic E-state index is 12.0. The molecule has 2 amide bonds. The van der Waals surface area contributed by atoms with Gasteiger partial charge in [-0.25, -0.2) is 0 Å². The van der Waals surface area contributed by atoms with Gasteiger partial charge in [0, 0.05) is 30.4 Å². The Morgan fingerprint density at radius 2 is 2.05 bits per heavy atom. The van der Waals surface area contributed by atoms with Crippen molar-refractivity contribution in [1.29, 1.82) is 0 Å². The zero-order valence-electron chi connectivity index (χ0n) is 12.0. The van der Waals surface area contributed by atoms with Gasteiger partial charge >= 0.3 is 0 Å². The van der Waals surface area contributed by atoms with Crippen molar-refractivity contribution in [3.05, 3.63) is 35.9 Å². The van der Waals surface area contributed by atoms with Crippen LogP contribution in [0.4, 0.5) is 5.69 Å². The van der Waals surface area contributed by atoms with E-state index in [2.05, 4.69) is 18.8 Å². The average Bonchev–Trinajstić information content (AvgIpc) is 2.64. The number of hydrogen-bond acceptors (Lipinski definition) is 2. The number of fused-ring (bicyclic) bond motifs is 1. The molecule has 0 atom stereocenters. The molecule has 0 unspecified atom stereocenters. The molecule has 0 aliphatic carbocycles. The molecule has 2 rings (SSSR count). The minimum Gasteiger partial charge on any atom is -0.326 e. The Balaban J connectivity index is 2.07. The van der Waals surface area contributed by atoms with Crippen LogP contribution in [0.3, 0.4) is 0 Å². The maximum absolute atomic E-state index is 12.0. The lowest BCUT2D eigenvalue weighted by atomic mass is 10.1. The van der Waals surface area contributed by atoms with Gasteiger partial charge < -0.3 is 10.2 Å². The second-order valence-electron chi connectivity index (χ2n) is 5.08. The fourth-order valence-electron chi connectivity index (χ4n) is 2.29. The zero-order chi connectivity index (χ0) is 14.7. The normalized spacial score (nSPS) is 13.6. The summed E-state index contributed by atoms with van der Waals surface area (Å²) in [5.74, 6) is -0.0805. The van der Waals surface area contributed by atoms with Crippen LogP contribution in [0, 0.1) is 0 Å². The third kappa shape index (κ3) is 2.74. The standard InChI is InChI=1S/C16H20N2O2/c1-4-5-6-7-15(19)17-12-8-9-13-11(2)18(3)16(20)14(13)10-12/h8-10H,2,4-7H2,1,3H3,(H,17,19). The zero-order valence-corrected chi connectivity index (χ0v) is 12.0. The highest BCUT2D eigenvalue weighted by atomic mass is 16.2. The molecule has 4 nitrogen and oxygen atoms in total. The molecule has 0 saturated heterocycles. The average molecular weight is 272 g/mol. The summed E-state index contributed by atoms with van der Waals surface area (Å²) in [5, 5.41) is 2.84. The van der Waals surface area contributed by atoms with Gasteiger partial charge in [-0.1, -0.05) is 32.4 Å². The summed E-state index contributed by atoms with van der Waals surface area (Å²) < 4.78 is 0. The molecule has 1 heterocycles. The van der Waals surface area contributed by atoms with Gasteiger partial charge in [0.2, 0.25) is 5.91 Å². The minimum absolute atomic E-state index is 0.00368. The third-order valence-corrected chi connectivity index (χ3v) is 3.56. The number of carbonyl (C=O) groups excluding carboxylic acids is 2. The second-order valence-corrected chi connectivity index (χ2v) is 5.08. The van der Waals surface area contributed by atoms with E-state index in [1.165, 1.54) is 4.90 Å². The van der Waals surface area contributed by atoms with E-state index in [0.29, 0.717) is 23.4 Å². The Morgan fingerprint density at radius 3 is 2.75 bits per heavy atom. The Kier molecular flexibility index (Phi) is 4.23. The molecule has 1 aliphatic heterocycles. The lowest BCUT2D eigenvalue weighted by Crippen LogP contribution is -2.16. The maximum Gasteiger partial charge on any atom is 0.258 e. The lowest BCUT2D eigenvalue weighted by Gasteiger charge is -2.07. The molecule has 4 heteroatoms. The van der Waals surface area contributed by atoms with Gasteiger partial charge in [-0.05, 0) is 18.6 Å². The van der Waals surface area contributed by atoms with Crippen molar-refractivity contribution in [1.82, 2.24) is 4.90 Å². The topological polar surface area (TPSA) is 49.4 Å². The molecule has 1 N–H and O–H groups in total. The Hall–Kier alpha value is -2.10. The highest BCUT2D eigenvalue weighted by molar-refractivity contribution is 6.09. The number of unbranched alkanes of at least 4 members (excludes halogenated alkanes) is 2. The van der Waals surface area contributed by atoms with Gasteiger partial charge in [-0.2, -0.15) is 0 Å². The van der Waals surface area contributed by atoms with Crippen molar-refractivity contribution in [3.8, 4) is 0 Å². The van der Waals surface area contributed by atoms with Gasteiger partial charge in [-0.3, -0.25) is 9.59 Å². The minimum atomic E-state index is -0.0768. The van der Waals surface area contributed by atoms with Crippen LogP contribution in [0.25, 0.3) is 5.70 Å². The van der Waals surface area contributed by atoms with Gasteiger partial charge in [0.15, 0.2) is 0 Å². The third-order valence-electron chi connectivity index (χ3n) is 3.56. The van der Waals surface area contributed by atoms with Crippen LogP contribution in [0.5, 0.6) is 0 Å². The molecule has 0 radical (unpaired) electrons. The van der Waals surface area contributed by atoms with Gasteiger partial charge in [0.05, 0.1) is 5.56 Å². The van der Waals surface area contributed by atoms with E-state index in [0.717, 1.165) is 24.8 Å². The van der Waals surface area contributed by atoms with E-state index in [4.69, 9.17) is 0 Å². The summed E-state index contributed by atoms with van der Waals surface area (Å²) in [4.78, 5) is 25.3. The van der Waals surface area contributed by atoms with E-state index in [1.54, 1.807) is 13.1 Å². The van der Waals surface area contributed by atoms with Gasteiger partial charge in [0.25, 0.3) is 5.91 Å². The molecule has 1 aromatic rings. The highest BCUT2D eigenvalue weighted by Crippen LogP contribution is 2.31. The smallest absolute Gasteiger partial charge is 0.258 e. The molecule has 1 aromatic carbocycles. The fourth-order valence-corrected chi connectivity index (χ4v) is 2.29. The molecular formula is C16H20N2O2. The van der Waals surface area contributed by atoms with Crippen molar-refractivity contribution in [2.75, 3.05) is 12.4 Å². The first-order valence-corrected chi connectivity index (χ1v) is 6.95. The predicted molar refractivity (Wildman–Crippen MR) is 80.3 cm³/mol. The Labute approximate surface area is 119 Å². The SMILES string of the molecule is C=C1c2ccc(NC(=O)CCCCC)cc2C(=O)N1C. The number of hydrogen-bond donors (Lipinski definition) is 1. The van der Waals surface area contributed by atoms with E-state index < -0.39 is 0 Å². The number of benzene rings is 1. The highest BCUT2D eigenvalue weighted by Gasteiger charge is 2.28. The molecule has 0 aromatic heterocycles. The van der Waals surface area contributed by atoms with Crippen LogP contribution in [-0.2, 0) is 4.79 Å². The van der Waals surface area contributed by atoms with Crippen LogP contribution in [0.1, 0.15) is 48.5 Å². The van der Waals surface area contributed by atoms with Gasteiger partial charge in [0.1, 0.15) is 0 Å². The molecule has 0 saturated carbocycles. The summed E-state index contributed by atoms with van der Waals surface area (Å²) in [6.07, 6.45) is 3.56. The summed E-state index contributed by atoms with van der Waals surface area (Å²) in [5.41, 5.74) is 2.80. The van der Waals surface area contributed by atoms with Crippen LogP contribution < -0.4 is 5.32 Å². The van der Waals surface area contributed by atoms with Crippen LogP contribution >= 0.6 is 0 Å². The molecule has 20 heavy (non-hydrogen) atoms. The van der Waals surface area contributed by atoms with Crippen LogP contribution in [0.2, 0.25) is 0 Å². The predicted octanol–water partition coefficient (Wildman–Crippen LogP) is 3.26. The van der Waals surface area contributed by atoms with Gasteiger partial charge in [-0.15, -0.1) is 0 Å². The van der Waals surface area contributed by atoms with Crippen LogP contribution in [-0.4, -0.2) is 23.8 Å².